The van der Waals surface area contributed by atoms with E-state index in [2.05, 4.69) is 0 Å². The lowest BCUT2D eigenvalue weighted by Crippen LogP contribution is -2.08. The maximum Gasteiger partial charge on any atom is 0.208 e. The van der Waals surface area contributed by atoms with Crippen molar-refractivity contribution in [2.45, 2.75) is 29.6 Å². The van der Waals surface area contributed by atoms with Gasteiger partial charge in [0.2, 0.25) is 9.84 Å². The van der Waals surface area contributed by atoms with Crippen molar-refractivity contribution < 1.29 is 8.42 Å². The van der Waals surface area contributed by atoms with Crippen LogP contribution in [0.25, 0.3) is 0 Å². The Morgan fingerprint density at radius 2 is 1.53 bits per heavy atom. The SMILES string of the molecule is CCCc1ccccc1S(=O)(=O)c1ccccc1N. The normalized spacial score (nSPS) is 11.4. The molecule has 0 bridgehead atoms. The molecule has 0 aliphatic rings. The summed E-state index contributed by atoms with van der Waals surface area (Å²) in [4.78, 5) is 0.535. The average Bonchev–Trinajstić information content (AvgIpc) is 2.40. The van der Waals surface area contributed by atoms with Gasteiger partial charge in [0.15, 0.2) is 0 Å². The highest BCUT2D eigenvalue weighted by atomic mass is 32.2. The number of hydrogen-bond donors (Lipinski definition) is 1. The second-order valence-corrected chi connectivity index (χ2v) is 6.29. The molecular weight excluding hydrogens is 258 g/mol. The summed E-state index contributed by atoms with van der Waals surface area (Å²) >= 11 is 0. The zero-order chi connectivity index (χ0) is 13.9. The van der Waals surface area contributed by atoms with E-state index in [-0.39, 0.29) is 10.6 Å². The molecule has 0 aromatic heterocycles. The van der Waals surface area contributed by atoms with Crippen molar-refractivity contribution in [2.24, 2.45) is 0 Å². The molecule has 19 heavy (non-hydrogen) atoms. The van der Waals surface area contributed by atoms with Crippen LogP contribution in [0, 0.1) is 0 Å². The van der Waals surface area contributed by atoms with Gasteiger partial charge in [-0.15, -0.1) is 0 Å². The highest BCUT2D eigenvalue weighted by molar-refractivity contribution is 7.91. The Morgan fingerprint density at radius 3 is 2.16 bits per heavy atom. The van der Waals surface area contributed by atoms with E-state index >= 15 is 0 Å². The van der Waals surface area contributed by atoms with E-state index in [0.29, 0.717) is 4.90 Å². The van der Waals surface area contributed by atoms with Crippen LogP contribution in [0.3, 0.4) is 0 Å². The first-order chi connectivity index (χ1) is 9.07. The van der Waals surface area contributed by atoms with Crippen LogP contribution in [0.2, 0.25) is 0 Å². The maximum atomic E-state index is 12.7. The van der Waals surface area contributed by atoms with Gasteiger partial charge in [0.05, 0.1) is 15.5 Å². The molecule has 0 spiro atoms. The van der Waals surface area contributed by atoms with Crippen molar-refractivity contribution in [1.29, 1.82) is 0 Å². The van der Waals surface area contributed by atoms with Crippen molar-refractivity contribution in [1.82, 2.24) is 0 Å². The number of sulfone groups is 1. The minimum Gasteiger partial charge on any atom is -0.398 e. The fourth-order valence-electron chi connectivity index (χ4n) is 2.09. The minimum atomic E-state index is -3.55. The molecule has 0 heterocycles. The molecule has 0 radical (unpaired) electrons. The Labute approximate surface area is 114 Å². The Kier molecular flexibility index (Phi) is 3.90. The zero-order valence-electron chi connectivity index (χ0n) is 10.8. The molecule has 2 aromatic rings. The third kappa shape index (κ3) is 2.63. The summed E-state index contributed by atoms with van der Waals surface area (Å²) in [6.07, 6.45) is 1.64. The number of hydrogen-bond acceptors (Lipinski definition) is 3. The first kappa shape index (κ1) is 13.6. The minimum absolute atomic E-state index is 0.179. The van der Waals surface area contributed by atoms with Crippen LogP contribution in [0.1, 0.15) is 18.9 Å². The van der Waals surface area contributed by atoms with Gasteiger partial charge in [0, 0.05) is 0 Å². The van der Waals surface area contributed by atoms with E-state index in [1.165, 1.54) is 0 Å². The van der Waals surface area contributed by atoms with Crippen LogP contribution in [-0.4, -0.2) is 8.42 Å². The molecule has 0 aliphatic heterocycles. The molecule has 2 N–H and O–H groups in total. The first-order valence-electron chi connectivity index (χ1n) is 6.25. The summed E-state index contributed by atoms with van der Waals surface area (Å²) in [6, 6.07) is 13.7. The molecule has 0 aliphatic carbocycles. The maximum absolute atomic E-state index is 12.7. The summed E-state index contributed by atoms with van der Waals surface area (Å²) in [6.45, 7) is 2.03. The standard InChI is InChI=1S/C15H17NO2S/c1-2-7-12-8-3-5-10-14(12)19(17,18)15-11-6-4-9-13(15)16/h3-6,8-11H,2,7,16H2,1H3. The van der Waals surface area contributed by atoms with Crippen LogP contribution >= 0.6 is 0 Å². The van der Waals surface area contributed by atoms with E-state index in [1.54, 1.807) is 36.4 Å². The van der Waals surface area contributed by atoms with Gasteiger partial charge in [-0.1, -0.05) is 43.7 Å². The molecule has 0 atom stereocenters. The fraction of sp³-hybridized carbons (Fsp3) is 0.200. The van der Waals surface area contributed by atoms with Crippen LogP contribution in [-0.2, 0) is 16.3 Å². The summed E-state index contributed by atoms with van der Waals surface area (Å²) < 4.78 is 25.3. The van der Waals surface area contributed by atoms with Gasteiger partial charge in [-0.25, -0.2) is 8.42 Å². The molecule has 100 valence electrons. The molecule has 0 amide bonds. The quantitative estimate of drug-likeness (QED) is 0.872. The predicted molar refractivity (Wildman–Crippen MR) is 76.7 cm³/mol. The smallest absolute Gasteiger partial charge is 0.208 e. The number of benzene rings is 2. The van der Waals surface area contributed by atoms with Gasteiger partial charge in [-0.05, 0) is 30.2 Å². The van der Waals surface area contributed by atoms with Gasteiger partial charge in [0.25, 0.3) is 0 Å². The van der Waals surface area contributed by atoms with Gasteiger partial charge < -0.3 is 5.73 Å². The summed E-state index contributed by atoms with van der Waals surface area (Å²) in [7, 11) is -3.55. The Hall–Kier alpha value is -1.81. The van der Waals surface area contributed by atoms with Crippen LogP contribution < -0.4 is 5.73 Å². The molecule has 4 heteroatoms. The van der Waals surface area contributed by atoms with E-state index in [0.717, 1.165) is 18.4 Å². The van der Waals surface area contributed by atoms with E-state index in [1.807, 2.05) is 19.1 Å². The monoisotopic (exact) mass is 275 g/mol. The summed E-state index contributed by atoms with van der Waals surface area (Å²) in [5.74, 6) is 0. The summed E-state index contributed by atoms with van der Waals surface area (Å²) in [5, 5.41) is 0. The van der Waals surface area contributed by atoms with Crippen LogP contribution in [0.4, 0.5) is 5.69 Å². The third-order valence-electron chi connectivity index (χ3n) is 2.99. The Balaban J connectivity index is 2.61. The average molecular weight is 275 g/mol. The third-order valence-corrected chi connectivity index (χ3v) is 4.92. The van der Waals surface area contributed by atoms with Gasteiger partial charge in [-0.3, -0.25) is 0 Å². The molecule has 2 rings (SSSR count). The van der Waals surface area contributed by atoms with Gasteiger partial charge in [-0.2, -0.15) is 0 Å². The molecule has 0 unspecified atom stereocenters. The number of rotatable bonds is 4. The lowest BCUT2D eigenvalue weighted by atomic mass is 10.1. The number of anilines is 1. The number of nitrogen functional groups attached to an aromatic ring is 1. The molecule has 0 saturated heterocycles. The Bertz CT molecular complexity index is 678. The highest BCUT2D eigenvalue weighted by Crippen LogP contribution is 2.28. The van der Waals surface area contributed by atoms with Crippen molar-refractivity contribution >= 4 is 15.5 Å². The second kappa shape index (κ2) is 5.45. The second-order valence-electron chi connectivity index (χ2n) is 4.40. The molecule has 0 fully saturated rings. The fourth-order valence-corrected chi connectivity index (χ4v) is 3.73. The Morgan fingerprint density at radius 1 is 0.947 bits per heavy atom. The van der Waals surface area contributed by atoms with Gasteiger partial charge >= 0.3 is 0 Å². The van der Waals surface area contributed by atoms with Crippen LogP contribution in [0.15, 0.2) is 58.3 Å². The predicted octanol–water partition coefficient (Wildman–Crippen LogP) is 3.05. The lowest BCUT2D eigenvalue weighted by molar-refractivity contribution is 0.595. The van der Waals surface area contributed by atoms with E-state index in [4.69, 9.17) is 5.73 Å². The highest BCUT2D eigenvalue weighted by Gasteiger charge is 2.22. The van der Waals surface area contributed by atoms with Crippen LogP contribution in [0.5, 0.6) is 0 Å². The van der Waals surface area contributed by atoms with Crippen molar-refractivity contribution in [3.8, 4) is 0 Å². The summed E-state index contributed by atoms with van der Waals surface area (Å²) in [5.41, 5.74) is 6.92. The number of nitrogens with two attached hydrogens (primary N) is 1. The topological polar surface area (TPSA) is 60.2 Å². The van der Waals surface area contributed by atoms with E-state index in [9.17, 15) is 8.42 Å². The molecule has 2 aromatic carbocycles. The van der Waals surface area contributed by atoms with E-state index < -0.39 is 9.84 Å². The van der Waals surface area contributed by atoms with Gasteiger partial charge in [0.1, 0.15) is 0 Å². The lowest BCUT2D eigenvalue weighted by Gasteiger charge is -2.11. The number of para-hydroxylation sites is 1. The zero-order valence-corrected chi connectivity index (χ0v) is 11.7. The molecule has 0 saturated carbocycles. The first-order valence-corrected chi connectivity index (χ1v) is 7.73. The van der Waals surface area contributed by atoms with Crippen molar-refractivity contribution in [2.75, 3.05) is 5.73 Å². The molecule has 3 nitrogen and oxygen atoms in total. The number of aryl methyl sites for hydroxylation is 1. The van der Waals surface area contributed by atoms with Crippen molar-refractivity contribution in [3.05, 3.63) is 54.1 Å². The molecular formula is C15H17NO2S. The largest absolute Gasteiger partial charge is 0.398 e. The van der Waals surface area contributed by atoms with Crippen molar-refractivity contribution in [3.63, 3.8) is 0 Å².